The molecule has 1 N–H and O–H groups in total. The highest BCUT2D eigenvalue weighted by Crippen LogP contribution is 2.19. The molecule has 0 aromatic carbocycles. The molecule has 1 aromatic heterocycles. The van der Waals surface area contributed by atoms with Gasteiger partial charge in [0.15, 0.2) is 5.69 Å². The molecule has 5 nitrogen and oxygen atoms in total. The minimum Gasteiger partial charge on any atom is -0.360 e. The molecule has 0 aliphatic carbocycles. The fraction of sp³-hybridized carbons (Fsp3) is 0.714. The highest BCUT2D eigenvalue weighted by molar-refractivity contribution is 5.92. The van der Waals surface area contributed by atoms with Crippen molar-refractivity contribution in [2.24, 2.45) is 5.92 Å². The average molecular weight is 301 g/mol. The maximum Gasteiger partial charge on any atom is 0.273 e. The molecule has 1 amide bonds. The maximum absolute atomic E-state index is 12.2. The first-order valence-corrected chi connectivity index (χ1v) is 7.15. The quantitative estimate of drug-likeness (QED) is 0.903. The summed E-state index contributed by atoms with van der Waals surface area (Å²) in [5.41, 5.74) is 0.0563. The van der Waals surface area contributed by atoms with Gasteiger partial charge in [0, 0.05) is 31.2 Å². The Morgan fingerprint density at radius 1 is 1.52 bits per heavy atom. The molecule has 1 fully saturated rings. The molecule has 2 rings (SSSR count). The van der Waals surface area contributed by atoms with Crippen LogP contribution in [0.25, 0.3) is 0 Å². The first kappa shape index (κ1) is 15.9. The standard InChI is InChI=1S/C14H21F2N3O2/c1-8(2)19-6-9(3)12(7-19)17-14(20)11-4-10(21-18-11)5-13(15)16/h4,8-9,12-13H,5-7H2,1-3H3,(H,17,20). The van der Waals surface area contributed by atoms with Gasteiger partial charge >= 0.3 is 0 Å². The van der Waals surface area contributed by atoms with Gasteiger partial charge in [0.05, 0.1) is 6.42 Å². The van der Waals surface area contributed by atoms with Crippen molar-refractivity contribution in [3.05, 3.63) is 17.5 Å². The molecule has 0 saturated carbocycles. The number of aromatic nitrogens is 1. The van der Waals surface area contributed by atoms with Crippen molar-refractivity contribution in [2.45, 2.75) is 45.7 Å². The number of alkyl halides is 2. The molecule has 21 heavy (non-hydrogen) atoms. The lowest BCUT2D eigenvalue weighted by atomic mass is 10.1. The second-order valence-corrected chi connectivity index (χ2v) is 5.88. The smallest absolute Gasteiger partial charge is 0.273 e. The molecule has 2 heterocycles. The van der Waals surface area contributed by atoms with Crippen molar-refractivity contribution in [3.8, 4) is 0 Å². The molecule has 1 aliphatic heterocycles. The number of hydrogen-bond donors (Lipinski definition) is 1. The van der Waals surface area contributed by atoms with Crippen molar-refractivity contribution in [3.63, 3.8) is 0 Å². The number of likely N-dealkylation sites (tertiary alicyclic amines) is 1. The molecule has 2 atom stereocenters. The van der Waals surface area contributed by atoms with E-state index in [9.17, 15) is 13.6 Å². The van der Waals surface area contributed by atoms with E-state index in [1.165, 1.54) is 6.07 Å². The molecule has 0 spiro atoms. The predicted octanol–water partition coefficient (Wildman–Crippen LogP) is 1.94. The van der Waals surface area contributed by atoms with E-state index >= 15 is 0 Å². The second kappa shape index (κ2) is 6.51. The van der Waals surface area contributed by atoms with Crippen LogP contribution in [0, 0.1) is 5.92 Å². The van der Waals surface area contributed by atoms with Crippen LogP contribution in [-0.4, -0.2) is 47.6 Å². The summed E-state index contributed by atoms with van der Waals surface area (Å²) in [5.74, 6) is -0.0102. The van der Waals surface area contributed by atoms with E-state index in [0.717, 1.165) is 13.1 Å². The molecule has 118 valence electrons. The van der Waals surface area contributed by atoms with Gasteiger partial charge in [-0.05, 0) is 19.8 Å². The Kier molecular flexibility index (Phi) is 4.92. The lowest BCUT2D eigenvalue weighted by Crippen LogP contribution is -2.40. The van der Waals surface area contributed by atoms with Crippen LogP contribution in [0.15, 0.2) is 10.6 Å². The zero-order valence-corrected chi connectivity index (χ0v) is 12.5. The normalized spacial score (nSPS) is 23.2. The van der Waals surface area contributed by atoms with Gasteiger partial charge in [-0.15, -0.1) is 0 Å². The van der Waals surface area contributed by atoms with Gasteiger partial charge in [0.1, 0.15) is 5.76 Å². The third kappa shape index (κ3) is 4.00. The van der Waals surface area contributed by atoms with Crippen LogP contribution in [0.5, 0.6) is 0 Å². The summed E-state index contributed by atoms with van der Waals surface area (Å²) in [6.07, 6.45) is -3.04. The number of halogens is 2. The van der Waals surface area contributed by atoms with Gasteiger partial charge in [0.25, 0.3) is 5.91 Å². The van der Waals surface area contributed by atoms with Gasteiger partial charge < -0.3 is 9.84 Å². The van der Waals surface area contributed by atoms with Crippen LogP contribution in [-0.2, 0) is 6.42 Å². The summed E-state index contributed by atoms with van der Waals surface area (Å²) in [6, 6.07) is 1.75. The fourth-order valence-electron chi connectivity index (χ4n) is 2.52. The predicted molar refractivity (Wildman–Crippen MR) is 73.3 cm³/mol. The first-order chi connectivity index (χ1) is 9.86. The molecule has 0 bridgehead atoms. The number of rotatable bonds is 5. The van der Waals surface area contributed by atoms with E-state index in [0.29, 0.717) is 12.0 Å². The van der Waals surface area contributed by atoms with E-state index < -0.39 is 12.8 Å². The Hall–Kier alpha value is -1.50. The van der Waals surface area contributed by atoms with Gasteiger partial charge in [-0.1, -0.05) is 12.1 Å². The van der Waals surface area contributed by atoms with E-state index in [1.807, 2.05) is 0 Å². The Morgan fingerprint density at radius 3 is 2.81 bits per heavy atom. The topological polar surface area (TPSA) is 58.4 Å². The molecule has 1 aromatic rings. The van der Waals surface area contributed by atoms with Gasteiger partial charge in [-0.25, -0.2) is 8.78 Å². The summed E-state index contributed by atoms with van der Waals surface area (Å²) in [4.78, 5) is 14.4. The summed E-state index contributed by atoms with van der Waals surface area (Å²) in [6.45, 7) is 8.03. The zero-order chi connectivity index (χ0) is 15.6. The largest absolute Gasteiger partial charge is 0.360 e. The Labute approximate surface area is 122 Å². The van der Waals surface area contributed by atoms with Crippen LogP contribution >= 0.6 is 0 Å². The molecule has 0 radical (unpaired) electrons. The molecular formula is C14H21F2N3O2. The summed E-state index contributed by atoms with van der Waals surface area (Å²) >= 11 is 0. The number of amides is 1. The number of carbonyl (C=O) groups excluding carboxylic acids is 1. The number of carbonyl (C=O) groups is 1. The third-order valence-electron chi connectivity index (χ3n) is 3.83. The van der Waals surface area contributed by atoms with E-state index in [2.05, 4.69) is 36.1 Å². The fourth-order valence-corrected chi connectivity index (χ4v) is 2.52. The Balaban J connectivity index is 1.94. The number of nitrogens with one attached hydrogen (secondary N) is 1. The van der Waals surface area contributed by atoms with Crippen LogP contribution in [0.4, 0.5) is 8.78 Å². The first-order valence-electron chi connectivity index (χ1n) is 7.15. The highest BCUT2D eigenvalue weighted by atomic mass is 19.3. The second-order valence-electron chi connectivity index (χ2n) is 5.88. The van der Waals surface area contributed by atoms with Crippen LogP contribution in [0.2, 0.25) is 0 Å². The Bertz CT molecular complexity index is 490. The summed E-state index contributed by atoms with van der Waals surface area (Å²) < 4.78 is 29.2. The lowest BCUT2D eigenvalue weighted by Gasteiger charge is -2.20. The highest BCUT2D eigenvalue weighted by Gasteiger charge is 2.32. The van der Waals surface area contributed by atoms with Gasteiger partial charge in [0.2, 0.25) is 6.43 Å². The summed E-state index contributed by atoms with van der Waals surface area (Å²) in [5, 5.41) is 6.46. The van der Waals surface area contributed by atoms with Gasteiger partial charge in [-0.3, -0.25) is 9.69 Å². The number of nitrogens with zero attached hydrogens (tertiary/aromatic N) is 2. The third-order valence-corrected chi connectivity index (χ3v) is 3.83. The molecular weight excluding hydrogens is 280 g/mol. The van der Waals surface area contributed by atoms with Gasteiger partial charge in [-0.2, -0.15) is 0 Å². The monoisotopic (exact) mass is 301 g/mol. The van der Waals surface area contributed by atoms with Crippen molar-refractivity contribution >= 4 is 5.91 Å². The average Bonchev–Trinajstić information content (AvgIpc) is 2.96. The van der Waals surface area contributed by atoms with Crippen molar-refractivity contribution in [1.82, 2.24) is 15.4 Å². The maximum atomic E-state index is 12.2. The minimum atomic E-state index is -2.51. The minimum absolute atomic E-state index is 0.0263. The van der Waals surface area contributed by atoms with Crippen LogP contribution in [0.3, 0.4) is 0 Å². The van der Waals surface area contributed by atoms with E-state index in [4.69, 9.17) is 4.52 Å². The van der Waals surface area contributed by atoms with Crippen LogP contribution in [0.1, 0.15) is 37.0 Å². The van der Waals surface area contributed by atoms with Crippen molar-refractivity contribution in [1.29, 1.82) is 0 Å². The van der Waals surface area contributed by atoms with E-state index in [1.54, 1.807) is 0 Å². The van der Waals surface area contributed by atoms with E-state index in [-0.39, 0.29) is 23.4 Å². The zero-order valence-electron chi connectivity index (χ0n) is 12.5. The van der Waals surface area contributed by atoms with Crippen LogP contribution < -0.4 is 5.32 Å². The number of hydrogen-bond acceptors (Lipinski definition) is 4. The SMILES string of the molecule is CC1CN(C(C)C)CC1NC(=O)c1cc(CC(F)F)on1. The molecule has 1 aliphatic rings. The van der Waals surface area contributed by atoms with Crippen molar-refractivity contribution < 1.29 is 18.1 Å². The lowest BCUT2D eigenvalue weighted by molar-refractivity contribution is 0.0921. The molecule has 2 unspecified atom stereocenters. The van der Waals surface area contributed by atoms with Crippen molar-refractivity contribution in [2.75, 3.05) is 13.1 Å². The summed E-state index contributed by atoms with van der Waals surface area (Å²) in [7, 11) is 0. The molecule has 1 saturated heterocycles. The Morgan fingerprint density at radius 2 is 2.24 bits per heavy atom. The molecule has 7 heteroatoms.